The number of carboxylic acids is 1. The molecule has 0 spiro atoms. The van der Waals surface area contributed by atoms with Crippen LogP contribution in [0.15, 0.2) is 15.8 Å². The molecule has 2 heterocycles. The van der Waals surface area contributed by atoms with Crippen LogP contribution in [0.1, 0.15) is 24.3 Å². The van der Waals surface area contributed by atoms with E-state index in [1.165, 1.54) is 17.8 Å². The van der Waals surface area contributed by atoms with E-state index in [4.69, 9.17) is 5.11 Å². The normalized spacial score (nSPS) is 11.4. The molecule has 0 aliphatic rings. The number of aromatic carboxylic acids is 1. The van der Waals surface area contributed by atoms with E-state index in [1.54, 1.807) is 0 Å². The number of hydrogen-bond donors (Lipinski definition) is 2. The molecule has 0 saturated heterocycles. The molecular weight excluding hydrogens is 250 g/mol. The van der Waals surface area contributed by atoms with Gasteiger partial charge in [-0.05, 0) is 5.92 Å². The lowest BCUT2D eigenvalue weighted by atomic mass is 10.2. The van der Waals surface area contributed by atoms with E-state index in [0.29, 0.717) is 12.1 Å². The van der Waals surface area contributed by atoms with Crippen LogP contribution in [0, 0.1) is 5.92 Å². The van der Waals surface area contributed by atoms with Gasteiger partial charge in [-0.2, -0.15) is 0 Å². The minimum absolute atomic E-state index is 0.0373. The molecule has 2 rings (SSSR count). The quantitative estimate of drug-likeness (QED) is 0.838. The average molecular weight is 265 g/mol. The fourth-order valence-corrected chi connectivity index (χ4v) is 2.09. The van der Waals surface area contributed by atoms with Gasteiger partial charge in [-0.15, -0.1) is 0 Å². The first-order valence-corrected chi connectivity index (χ1v) is 5.88. The molecule has 0 saturated carbocycles. The van der Waals surface area contributed by atoms with Crippen LogP contribution in [-0.2, 0) is 13.6 Å². The maximum atomic E-state index is 12.1. The first-order valence-electron chi connectivity index (χ1n) is 5.88. The Labute approximate surface area is 108 Å². The molecule has 0 aliphatic heterocycles. The van der Waals surface area contributed by atoms with E-state index in [0.717, 1.165) is 4.57 Å². The summed E-state index contributed by atoms with van der Waals surface area (Å²) in [4.78, 5) is 37.8. The van der Waals surface area contributed by atoms with Gasteiger partial charge in [0.2, 0.25) is 0 Å². The highest BCUT2D eigenvalue weighted by molar-refractivity contribution is 6.01. The molecule has 0 amide bonds. The summed E-state index contributed by atoms with van der Waals surface area (Å²) in [6.45, 7) is 4.29. The van der Waals surface area contributed by atoms with Gasteiger partial charge < -0.3 is 10.1 Å². The number of hydrogen-bond acceptors (Lipinski definition) is 3. The Hall–Kier alpha value is -2.31. The van der Waals surface area contributed by atoms with Crippen LogP contribution in [0.2, 0.25) is 0 Å². The van der Waals surface area contributed by atoms with Crippen LogP contribution in [0.4, 0.5) is 0 Å². The van der Waals surface area contributed by atoms with Crippen LogP contribution in [0.25, 0.3) is 10.9 Å². The van der Waals surface area contributed by atoms with Gasteiger partial charge in [-0.3, -0.25) is 13.9 Å². The zero-order valence-corrected chi connectivity index (χ0v) is 10.9. The number of H-pyrrole nitrogens is 1. The highest BCUT2D eigenvalue weighted by atomic mass is 16.4. The number of fused-ring (bicyclic) bond motifs is 1. The standard InChI is InChI=1S/C12H15N3O4/c1-6(2)5-15-7-4-13-9(11(17)18)8(7)10(16)14(3)12(15)19/h4,6,13H,5H2,1-3H3,(H,17,18). The summed E-state index contributed by atoms with van der Waals surface area (Å²) in [6, 6.07) is 0. The third-order valence-electron chi connectivity index (χ3n) is 2.95. The van der Waals surface area contributed by atoms with E-state index in [2.05, 4.69) is 4.98 Å². The number of aromatic nitrogens is 3. The van der Waals surface area contributed by atoms with E-state index >= 15 is 0 Å². The van der Waals surface area contributed by atoms with Crippen LogP contribution in [-0.4, -0.2) is 25.2 Å². The molecule has 0 unspecified atom stereocenters. The fraction of sp³-hybridized carbons (Fsp3) is 0.417. The van der Waals surface area contributed by atoms with Crippen molar-refractivity contribution in [1.29, 1.82) is 0 Å². The molecule has 2 aromatic heterocycles. The second-order valence-corrected chi connectivity index (χ2v) is 4.88. The molecular formula is C12H15N3O4. The number of carboxylic acid groups (broad SMARTS) is 1. The van der Waals surface area contributed by atoms with Crippen molar-refractivity contribution in [1.82, 2.24) is 14.1 Å². The fourth-order valence-electron chi connectivity index (χ4n) is 2.09. The Morgan fingerprint density at radius 2 is 2.05 bits per heavy atom. The predicted molar refractivity (Wildman–Crippen MR) is 69.6 cm³/mol. The molecule has 102 valence electrons. The SMILES string of the molecule is CC(C)Cn1c(=O)n(C)c(=O)c2c(C(=O)O)[nH]cc21. The smallest absolute Gasteiger partial charge is 0.353 e. The van der Waals surface area contributed by atoms with Gasteiger partial charge in [-0.1, -0.05) is 13.8 Å². The summed E-state index contributed by atoms with van der Waals surface area (Å²) in [5, 5.41) is 9.10. The Balaban J connectivity index is 2.94. The second kappa shape index (κ2) is 4.42. The number of aromatic amines is 1. The number of nitrogens with zero attached hydrogens (tertiary/aromatic N) is 2. The summed E-state index contributed by atoms with van der Waals surface area (Å²) >= 11 is 0. The Bertz CT molecular complexity index is 764. The van der Waals surface area contributed by atoms with Crippen LogP contribution in [0.5, 0.6) is 0 Å². The van der Waals surface area contributed by atoms with Crippen molar-refractivity contribution in [3.8, 4) is 0 Å². The zero-order chi connectivity index (χ0) is 14.3. The molecule has 0 radical (unpaired) electrons. The van der Waals surface area contributed by atoms with Gasteiger partial charge in [-0.25, -0.2) is 9.59 Å². The van der Waals surface area contributed by atoms with Gasteiger partial charge in [0.1, 0.15) is 5.69 Å². The minimum Gasteiger partial charge on any atom is -0.477 e. The molecule has 0 fully saturated rings. The predicted octanol–water partition coefficient (Wildman–Crippen LogP) is 0.383. The first kappa shape index (κ1) is 13.1. The van der Waals surface area contributed by atoms with Crippen molar-refractivity contribution in [3.05, 3.63) is 32.7 Å². The van der Waals surface area contributed by atoms with Crippen molar-refractivity contribution in [2.75, 3.05) is 0 Å². The van der Waals surface area contributed by atoms with Crippen molar-refractivity contribution in [3.63, 3.8) is 0 Å². The van der Waals surface area contributed by atoms with Gasteiger partial charge >= 0.3 is 11.7 Å². The third kappa shape index (κ3) is 1.96. The van der Waals surface area contributed by atoms with E-state index < -0.39 is 17.2 Å². The van der Waals surface area contributed by atoms with Gasteiger partial charge in [0.25, 0.3) is 5.56 Å². The lowest BCUT2D eigenvalue weighted by Crippen LogP contribution is -2.38. The highest BCUT2D eigenvalue weighted by Gasteiger charge is 2.19. The highest BCUT2D eigenvalue weighted by Crippen LogP contribution is 2.14. The second-order valence-electron chi connectivity index (χ2n) is 4.88. The molecule has 0 aliphatic carbocycles. The van der Waals surface area contributed by atoms with Gasteiger partial charge in [0, 0.05) is 19.8 Å². The third-order valence-corrected chi connectivity index (χ3v) is 2.95. The van der Waals surface area contributed by atoms with Crippen molar-refractivity contribution < 1.29 is 9.90 Å². The zero-order valence-electron chi connectivity index (χ0n) is 10.9. The number of rotatable bonds is 3. The molecule has 19 heavy (non-hydrogen) atoms. The first-order chi connectivity index (χ1) is 8.84. The monoisotopic (exact) mass is 265 g/mol. The number of nitrogens with one attached hydrogen (secondary N) is 1. The average Bonchev–Trinajstić information content (AvgIpc) is 2.76. The Kier molecular flexibility index (Phi) is 3.05. The Morgan fingerprint density at radius 3 is 2.58 bits per heavy atom. The largest absolute Gasteiger partial charge is 0.477 e. The van der Waals surface area contributed by atoms with Crippen LogP contribution in [0.3, 0.4) is 0 Å². The molecule has 7 heteroatoms. The van der Waals surface area contributed by atoms with Crippen molar-refractivity contribution in [2.45, 2.75) is 20.4 Å². The molecule has 7 nitrogen and oxygen atoms in total. The topological polar surface area (TPSA) is 97.1 Å². The lowest BCUT2D eigenvalue weighted by Gasteiger charge is -2.11. The van der Waals surface area contributed by atoms with Crippen LogP contribution >= 0.6 is 0 Å². The summed E-state index contributed by atoms with van der Waals surface area (Å²) in [5.74, 6) is -1.02. The molecule has 0 bridgehead atoms. The van der Waals surface area contributed by atoms with Gasteiger partial charge in [0.05, 0.1) is 10.9 Å². The maximum Gasteiger partial charge on any atom is 0.353 e. The summed E-state index contributed by atoms with van der Waals surface area (Å²) < 4.78 is 2.36. The maximum absolute atomic E-state index is 12.1. The molecule has 2 N–H and O–H groups in total. The van der Waals surface area contributed by atoms with Crippen molar-refractivity contribution in [2.24, 2.45) is 13.0 Å². The number of carbonyl (C=O) groups is 1. The Morgan fingerprint density at radius 1 is 1.42 bits per heavy atom. The molecule has 0 atom stereocenters. The molecule has 2 aromatic rings. The summed E-state index contributed by atoms with van der Waals surface area (Å²) in [6.07, 6.45) is 1.39. The van der Waals surface area contributed by atoms with E-state index in [1.807, 2.05) is 13.8 Å². The van der Waals surface area contributed by atoms with Gasteiger partial charge in [0.15, 0.2) is 0 Å². The summed E-state index contributed by atoms with van der Waals surface area (Å²) in [7, 11) is 1.35. The van der Waals surface area contributed by atoms with Crippen molar-refractivity contribution >= 4 is 16.9 Å². The summed E-state index contributed by atoms with van der Waals surface area (Å²) in [5.41, 5.74) is -0.895. The van der Waals surface area contributed by atoms with Crippen LogP contribution < -0.4 is 11.2 Å². The minimum atomic E-state index is -1.22. The van der Waals surface area contributed by atoms with E-state index in [-0.39, 0.29) is 17.0 Å². The lowest BCUT2D eigenvalue weighted by molar-refractivity contribution is 0.0693. The van der Waals surface area contributed by atoms with E-state index in [9.17, 15) is 14.4 Å². The molecule has 0 aromatic carbocycles.